The smallest absolute Gasteiger partial charge is 0.159 e. The van der Waals surface area contributed by atoms with Crippen LogP contribution in [-0.4, -0.2) is 34.1 Å². The lowest BCUT2D eigenvalue weighted by Gasteiger charge is -2.34. The number of nitrogens with two attached hydrogens (primary N) is 1. The van der Waals surface area contributed by atoms with Gasteiger partial charge in [0, 0.05) is 24.1 Å². The van der Waals surface area contributed by atoms with Gasteiger partial charge in [0.1, 0.15) is 16.6 Å². The number of hydrazine groups is 1. The molecule has 1 aliphatic rings. The lowest BCUT2D eigenvalue weighted by Crippen LogP contribution is -2.41. The Morgan fingerprint density at radius 3 is 3.12 bits per heavy atom. The van der Waals surface area contributed by atoms with Gasteiger partial charge in [0.05, 0.1) is 0 Å². The van der Waals surface area contributed by atoms with Crippen LogP contribution in [0.4, 0.5) is 11.6 Å². The maximum absolute atomic E-state index is 5.39. The molecule has 2 heterocycles. The maximum atomic E-state index is 5.39. The van der Waals surface area contributed by atoms with Crippen LogP contribution in [0.15, 0.2) is 10.8 Å². The summed E-state index contributed by atoms with van der Waals surface area (Å²) in [6, 6.07) is 0.482. The van der Waals surface area contributed by atoms with Gasteiger partial charge in [-0.3, -0.25) is 0 Å². The third-order valence-corrected chi connectivity index (χ3v) is 4.47. The van der Waals surface area contributed by atoms with Crippen molar-refractivity contribution in [3.63, 3.8) is 0 Å². The third kappa shape index (κ3) is 2.26. The molecule has 0 bridgehead atoms. The molecule has 1 fully saturated rings. The molecule has 1 aromatic rings. The first-order valence-electron chi connectivity index (χ1n) is 5.05. The van der Waals surface area contributed by atoms with E-state index in [1.54, 1.807) is 0 Å². The van der Waals surface area contributed by atoms with Crippen molar-refractivity contribution >= 4 is 39.3 Å². The lowest BCUT2D eigenvalue weighted by molar-refractivity contribution is 0.687. The highest BCUT2D eigenvalue weighted by Gasteiger charge is 2.23. The first kappa shape index (κ1) is 11.9. The summed E-state index contributed by atoms with van der Waals surface area (Å²) in [5, 5.41) is 0. The summed E-state index contributed by atoms with van der Waals surface area (Å²) in [4.78, 5) is 10.7. The highest BCUT2D eigenvalue weighted by atomic mass is 79.9. The molecule has 1 saturated heterocycles. The van der Waals surface area contributed by atoms with Gasteiger partial charge in [-0.05, 0) is 22.9 Å². The standard InChI is InChI=1S/C9H14BrN5S/c1-6-4-16-3-2-15(6)9-7(10)8(14-11)12-5-13-9/h5-6H,2-4,11H2,1H3,(H,12,13,14). The molecule has 0 aromatic carbocycles. The number of rotatable bonds is 2. The molecular weight excluding hydrogens is 290 g/mol. The lowest BCUT2D eigenvalue weighted by atomic mass is 10.3. The molecular formula is C9H14BrN5S. The van der Waals surface area contributed by atoms with Crippen molar-refractivity contribution in [2.45, 2.75) is 13.0 Å². The van der Waals surface area contributed by atoms with Gasteiger partial charge in [-0.15, -0.1) is 0 Å². The molecule has 0 spiro atoms. The van der Waals surface area contributed by atoms with E-state index in [-0.39, 0.29) is 0 Å². The summed E-state index contributed by atoms with van der Waals surface area (Å²) in [7, 11) is 0. The topological polar surface area (TPSA) is 67.1 Å². The van der Waals surface area contributed by atoms with Crippen LogP contribution in [0.1, 0.15) is 6.92 Å². The van der Waals surface area contributed by atoms with Crippen LogP contribution in [0.25, 0.3) is 0 Å². The van der Waals surface area contributed by atoms with Crippen LogP contribution in [0.3, 0.4) is 0 Å². The van der Waals surface area contributed by atoms with Crippen molar-refractivity contribution in [3.8, 4) is 0 Å². The normalized spacial score (nSPS) is 20.9. The van der Waals surface area contributed by atoms with Crippen LogP contribution in [0.5, 0.6) is 0 Å². The molecule has 88 valence electrons. The van der Waals surface area contributed by atoms with E-state index in [0.29, 0.717) is 11.9 Å². The number of hydrogen-bond donors (Lipinski definition) is 2. The molecule has 0 saturated carbocycles. The van der Waals surface area contributed by atoms with Crippen molar-refractivity contribution in [3.05, 3.63) is 10.8 Å². The second-order valence-electron chi connectivity index (χ2n) is 3.62. The summed E-state index contributed by atoms with van der Waals surface area (Å²) in [5.74, 6) is 9.18. The van der Waals surface area contributed by atoms with Gasteiger partial charge in [0.25, 0.3) is 0 Å². The largest absolute Gasteiger partial charge is 0.351 e. The summed E-state index contributed by atoms with van der Waals surface area (Å²) in [6.07, 6.45) is 1.53. The Balaban J connectivity index is 2.31. The van der Waals surface area contributed by atoms with Crippen molar-refractivity contribution in [1.82, 2.24) is 9.97 Å². The van der Waals surface area contributed by atoms with E-state index in [1.807, 2.05) is 11.8 Å². The molecule has 0 amide bonds. The number of nitrogens with one attached hydrogen (secondary N) is 1. The van der Waals surface area contributed by atoms with E-state index < -0.39 is 0 Å². The molecule has 3 N–H and O–H groups in total. The van der Waals surface area contributed by atoms with Crippen molar-refractivity contribution in [2.24, 2.45) is 5.84 Å². The second kappa shape index (κ2) is 5.20. The molecule has 0 radical (unpaired) electrons. The molecule has 7 heteroatoms. The number of thioether (sulfide) groups is 1. The Labute approximate surface area is 107 Å². The molecule has 5 nitrogen and oxygen atoms in total. The zero-order valence-electron chi connectivity index (χ0n) is 8.98. The van der Waals surface area contributed by atoms with Gasteiger partial charge in [0.15, 0.2) is 5.82 Å². The second-order valence-corrected chi connectivity index (χ2v) is 5.56. The Kier molecular flexibility index (Phi) is 3.88. The zero-order valence-corrected chi connectivity index (χ0v) is 11.4. The molecule has 1 atom stereocenters. The van der Waals surface area contributed by atoms with Crippen LogP contribution in [0, 0.1) is 0 Å². The van der Waals surface area contributed by atoms with E-state index in [9.17, 15) is 0 Å². The number of anilines is 2. The fraction of sp³-hybridized carbons (Fsp3) is 0.556. The molecule has 2 rings (SSSR count). The summed E-state index contributed by atoms with van der Waals surface area (Å²) >= 11 is 5.47. The van der Waals surface area contributed by atoms with E-state index in [1.165, 1.54) is 6.33 Å². The Bertz CT molecular complexity index is 375. The van der Waals surface area contributed by atoms with Gasteiger partial charge in [-0.25, -0.2) is 15.8 Å². The van der Waals surface area contributed by atoms with E-state index in [2.05, 4.69) is 43.1 Å². The monoisotopic (exact) mass is 303 g/mol. The fourth-order valence-corrected chi connectivity index (χ4v) is 3.26. The van der Waals surface area contributed by atoms with Crippen LogP contribution >= 0.6 is 27.7 Å². The molecule has 0 aliphatic carbocycles. The Hall–Kier alpha value is -0.530. The Morgan fingerprint density at radius 2 is 2.44 bits per heavy atom. The average Bonchev–Trinajstić information content (AvgIpc) is 2.31. The number of nitrogens with zero attached hydrogens (tertiary/aromatic N) is 3. The highest BCUT2D eigenvalue weighted by Crippen LogP contribution is 2.32. The van der Waals surface area contributed by atoms with Gasteiger partial charge < -0.3 is 10.3 Å². The van der Waals surface area contributed by atoms with Crippen molar-refractivity contribution in [2.75, 3.05) is 28.4 Å². The van der Waals surface area contributed by atoms with Crippen LogP contribution in [0.2, 0.25) is 0 Å². The minimum atomic E-state index is 0.482. The zero-order chi connectivity index (χ0) is 11.5. The molecule has 16 heavy (non-hydrogen) atoms. The maximum Gasteiger partial charge on any atom is 0.159 e. The van der Waals surface area contributed by atoms with Gasteiger partial charge >= 0.3 is 0 Å². The van der Waals surface area contributed by atoms with Crippen molar-refractivity contribution < 1.29 is 0 Å². The van der Waals surface area contributed by atoms with Crippen LogP contribution in [-0.2, 0) is 0 Å². The average molecular weight is 304 g/mol. The van der Waals surface area contributed by atoms with Gasteiger partial charge in [0.2, 0.25) is 0 Å². The van der Waals surface area contributed by atoms with Crippen molar-refractivity contribution in [1.29, 1.82) is 0 Å². The number of halogens is 1. The van der Waals surface area contributed by atoms with E-state index in [4.69, 9.17) is 5.84 Å². The molecule has 1 aliphatic heterocycles. The van der Waals surface area contributed by atoms with E-state index in [0.717, 1.165) is 28.3 Å². The molecule has 1 unspecified atom stereocenters. The van der Waals surface area contributed by atoms with Gasteiger partial charge in [-0.2, -0.15) is 11.8 Å². The van der Waals surface area contributed by atoms with Gasteiger partial charge in [-0.1, -0.05) is 0 Å². The fourth-order valence-electron chi connectivity index (χ4n) is 1.70. The SMILES string of the molecule is CC1CSCCN1c1ncnc(NN)c1Br. The molecule has 1 aromatic heterocycles. The number of hydrogen-bond acceptors (Lipinski definition) is 6. The summed E-state index contributed by atoms with van der Waals surface area (Å²) in [6.45, 7) is 3.21. The van der Waals surface area contributed by atoms with E-state index >= 15 is 0 Å². The number of aromatic nitrogens is 2. The highest BCUT2D eigenvalue weighted by molar-refractivity contribution is 9.10. The predicted molar refractivity (Wildman–Crippen MR) is 71.7 cm³/mol. The third-order valence-electron chi connectivity index (χ3n) is 2.55. The number of nitrogen functional groups attached to an aromatic ring is 1. The predicted octanol–water partition coefficient (Wildman–Crippen LogP) is 1.47. The minimum absolute atomic E-state index is 0.482. The van der Waals surface area contributed by atoms with Crippen LogP contribution < -0.4 is 16.2 Å². The first-order valence-corrected chi connectivity index (χ1v) is 7.00. The minimum Gasteiger partial charge on any atom is -0.351 e. The quantitative estimate of drug-likeness (QED) is 0.637. The summed E-state index contributed by atoms with van der Waals surface area (Å²) < 4.78 is 0.830. The first-order chi connectivity index (χ1) is 7.74. The summed E-state index contributed by atoms with van der Waals surface area (Å²) in [5.41, 5.74) is 2.56. The Morgan fingerprint density at radius 1 is 1.62 bits per heavy atom.